The summed E-state index contributed by atoms with van der Waals surface area (Å²) in [6, 6.07) is 1.23. The topological polar surface area (TPSA) is 43.4 Å². The number of carbonyl (C=O) groups is 2. The largest absolute Gasteiger partial charge is 0.573 e. The Kier molecular flexibility index (Phi) is 3.26. The minimum Gasteiger partial charge on any atom is -0.405 e. The molecule has 1 rings (SSSR count). The molecule has 0 fully saturated rings. The number of aldehydes is 2. The van der Waals surface area contributed by atoms with E-state index in [0.717, 1.165) is 0 Å². The molecule has 0 bridgehead atoms. The number of hydrogen-bond donors (Lipinski definition) is 0. The highest BCUT2D eigenvalue weighted by Gasteiger charge is 2.32. The number of benzene rings is 1. The maximum Gasteiger partial charge on any atom is 0.573 e. The number of carbonyl (C=O) groups excluding carboxylic acids is 2. The van der Waals surface area contributed by atoms with E-state index in [9.17, 15) is 27.2 Å². The van der Waals surface area contributed by atoms with E-state index in [4.69, 9.17) is 0 Å². The summed E-state index contributed by atoms with van der Waals surface area (Å²) in [4.78, 5) is 20.9. The Hall–Kier alpha value is -1.92. The molecule has 0 aromatic heterocycles. The summed E-state index contributed by atoms with van der Waals surface area (Å²) in [6.07, 6.45) is -5.15. The van der Waals surface area contributed by atoms with Crippen LogP contribution >= 0.6 is 0 Å². The van der Waals surface area contributed by atoms with E-state index in [-0.39, 0.29) is 12.6 Å². The van der Waals surface area contributed by atoms with Crippen molar-refractivity contribution in [3.63, 3.8) is 0 Å². The monoisotopic (exact) mass is 236 g/mol. The summed E-state index contributed by atoms with van der Waals surface area (Å²) in [5, 5.41) is 0. The predicted molar refractivity (Wildman–Crippen MR) is 43.9 cm³/mol. The van der Waals surface area contributed by atoms with Gasteiger partial charge in [-0.05, 0) is 12.1 Å². The molecule has 0 amide bonds. The molecule has 1 aromatic rings. The quantitative estimate of drug-likeness (QED) is 0.597. The normalized spacial score (nSPS) is 11.0. The SMILES string of the molecule is O=Cc1c(F)ccc(OC(F)(F)F)c1C=O. The van der Waals surface area contributed by atoms with E-state index >= 15 is 0 Å². The van der Waals surface area contributed by atoms with Crippen molar-refractivity contribution >= 4 is 12.6 Å². The van der Waals surface area contributed by atoms with Crippen LogP contribution in [0.1, 0.15) is 20.7 Å². The van der Waals surface area contributed by atoms with Crippen molar-refractivity contribution in [2.75, 3.05) is 0 Å². The van der Waals surface area contributed by atoms with Crippen LogP contribution in [0.25, 0.3) is 0 Å². The Morgan fingerprint density at radius 1 is 1.06 bits per heavy atom. The molecule has 0 spiro atoms. The smallest absolute Gasteiger partial charge is 0.405 e. The second-order valence-corrected chi connectivity index (χ2v) is 2.66. The van der Waals surface area contributed by atoms with Gasteiger partial charge in [0.1, 0.15) is 11.6 Å². The van der Waals surface area contributed by atoms with E-state index in [1.165, 1.54) is 0 Å². The molecular weight excluding hydrogens is 232 g/mol. The Balaban J connectivity index is 3.30. The molecule has 0 saturated heterocycles. The number of rotatable bonds is 3. The van der Waals surface area contributed by atoms with Crippen molar-refractivity contribution in [3.05, 3.63) is 29.1 Å². The highest BCUT2D eigenvalue weighted by molar-refractivity contribution is 5.93. The minimum atomic E-state index is -5.02. The van der Waals surface area contributed by atoms with Crippen LogP contribution in [0.2, 0.25) is 0 Å². The first kappa shape index (κ1) is 12.2. The van der Waals surface area contributed by atoms with Crippen LogP contribution in [-0.4, -0.2) is 18.9 Å². The lowest BCUT2D eigenvalue weighted by molar-refractivity contribution is -0.274. The standard InChI is InChI=1S/C9H4F4O3/c10-7-1-2-8(16-9(11,12)13)6(4-15)5(7)3-14/h1-4H. The van der Waals surface area contributed by atoms with E-state index in [1.54, 1.807) is 0 Å². The molecule has 0 heterocycles. The van der Waals surface area contributed by atoms with Gasteiger partial charge in [-0.2, -0.15) is 0 Å². The van der Waals surface area contributed by atoms with E-state index in [2.05, 4.69) is 4.74 Å². The molecule has 0 saturated carbocycles. The molecule has 1 aromatic carbocycles. The molecule has 7 heteroatoms. The minimum absolute atomic E-state index is 0.0533. The highest BCUT2D eigenvalue weighted by Crippen LogP contribution is 2.28. The van der Waals surface area contributed by atoms with Gasteiger partial charge in [0, 0.05) is 0 Å². The van der Waals surface area contributed by atoms with Gasteiger partial charge in [0.05, 0.1) is 11.1 Å². The van der Waals surface area contributed by atoms with Gasteiger partial charge >= 0.3 is 6.36 Å². The summed E-state index contributed by atoms with van der Waals surface area (Å²) < 4.78 is 52.0. The zero-order chi connectivity index (χ0) is 12.3. The first-order valence-corrected chi connectivity index (χ1v) is 3.87. The van der Waals surface area contributed by atoms with Crippen LogP contribution in [0.5, 0.6) is 5.75 Å². The lowest BCUT2D eigenvalue weighted by atomic mass is 10.1. The molecule has 86 valence electrons. The van der Waals surface area contributed by atoms with Crippen LogP contribution in [0.15, 0.2) is 12.1 Å². The highest BCUT2D eigenvalue weighted by atomic mass is 19.4. The molecule has 3 nitrogen and oxygen atoms in total. The molecule has 0 N–H and O–H groups in total. The Labute approximate surface area is 86.6 Å². The van der Waals surface area contributed by atoms with Crippen molar-refractivity contribution in [2.24, 2.45) is 0 Å². The van der Waals surface area contributed by atoms with Gasteiger partial charge in [-0.3, -0.25) is 9.59 Å². The Bertz CT molecular complexity index is 425. The molecular formula is C9H4F4O3. The van der Waals surface area contributed by atoms with Gasteiger partial charge in [0.2, 0.25) is 0 Å². The van der Waals surface area contributed by atoms with Gasteiger partial charge in [-0.15, -0.1) is 13.2 Å². The molecule has 0 radical (unpaired) electrons. The second-order valence-electron chi connectivity index (χ2n) is 2.66. The van der Waals surface area contributed by atoms with E-state index in [0.29, 0.717) is 12.1 Å². The second kappa shape index (κ2) is 4.30. The van der Waals surface area contributed by atoms with Gasteiger partial charge in [0.25, 0.3) is 0 Å². The van der Waals surface area contributed by atoms with Crippen molar-refractivity contribution < 1.29 is 31.9 Å². The third-order valence-corrected chi connectivity index (χ3v) is 1.66. The number of hydrogen-bond acceptors (Lipinski definition) is 3. The third kappa shape index (κ3) is 2.56. The van der Waals surface area contributed by atoms with Gasteiger partial charge in [0.15, 0.2) is 12.6 Å². The molecule has 0 aliphatic carbocycles. The van der Waals surface area contributed by atoms with Gasteiger partial charge < -0.3 is 4.74 Å². The van der Waals surface area contributed by atoms with E-state index < -0.39 is 29.1 Å². The van der Waals surface area contributed by atoms with Crippen LogP contribution in [0.4, 0.5) is 17.6 Å². The number of ether oxygens (including phenoxy) is 1. The van der Waals surface area contributed by atoms with Crippen LogP contribution in [0, 0.1) is 5.82 Å². The van der Waals surface area contributed by atoms with Crippen molar-refractivity contribution in [3.8, 4) is 5.75 Å². The fourth-order valence-corrected chi connectivity index (χ4v) is 1.04. The fraction of sp³-hybridized carbons (Fsp3) is 0.111. The maximum atomic E-state index is 12.9. The van der Waals surface area contributed by atoms with Crippen molar-refractivity contribution in [1.82, 2.24) is 0 Å². The van der Waals surface area contributed by atoms with Crippen LogP contribution in [-0.2, 0) is 0 Å². The van der Waals surface area contributed by atoms with Gasteiger partial charge in [-0.25, -0.2) is 4.39 Å². The molecule has 0 atom stereocenters. The summed E-state index contributed by atoms with van der Waals surface area (Å²) in [6.45, 7) is 0. The lowest BCUT2D eigenvalue weighted by Gasteiger charge is -2.11. The van der Waals surface area contributed by atoms with Crippen LogP contribution in [0.3, 0.4) is 0 Å². The average molecular weight is 236 g/mol. The molecule has 0 aliphatic heterocycles. The maximum absolute atomic E-state index is 12.9. The van der Waals surface area contributed by atoms with Crippen LogP contribution < -0.4 is 4.74 Å². The fourth-order valence-electron chi connectivity index (χ4n) is 1.04. The Morgan fingerprint density at radius 2 is 1.62 bits per heavy atom. The molecule has 0 aliphatic rings. The lowest BCUT2D eigenvalue weighted by Crippen LogP contribution is -2.18. The number of alkyl halides is 3. The van der Waals surface area contributed by atoms with Crippen molar-refractivity contribution in [2.45, 2.75) is 6.36 Å². The zero-order valence-electron chi connectivity index (χ0n) is 7.55. The third-order valence-electron chi connectivity index (χ3n) is 1.66. The first-order chi connectivity index (χ1) is 7.39. The summed E-state index contributed by atoms with van der Waals surface area (Å²) in [7, 11) is 0. The number of halogens is 4. The molecule has 16 heavy (non-hydrogen) atoms. The Morgan fingerprint density at radius 3 is 2.06 bits per heavy atom. The van der Waals surface area contributed by atoms with Crippen molar-refractivity contribution in [1.29, 1.82) is 0 Å². The summed E-state index contributed by atoms with van der Waals surface area (Å²) in [5.74, 6) is -2.00. The predicted octanol–water partition coefficient (Wildman–Crippen LogP) is 2.35. The summed E-state index contributed by atoms with van der Waals surface area (Å²) >= 11 is 0. The molecule has 0 unspecified atom stereocenters. The summed E-state index contributed by atoms with van der Waals surface area (Å²) in [5.41, 5.74) is -1.54. The first-order valence-electron chi connectivity index (χ1n) is 3.87. The van der Waals surface area contributed by atoms with E-state index in [1.807, 2.05) is 0 Å². The zero-order valence-corrected chi connectivity index (χ0v) is 7.55. The van der Waals surface area contributed by atoms with Gasteiger partial charge in [-0.1, -0.05) is 0 Å². The average Bonchev–Trinajstić information content (AvgIpc) is 2.18.